The molecule has 0 spiro atoms. The van der Waals surface area contributed by atoms with Crippen LogP contribution in [0.15, 0.2) is 24.2 Å². The summed E-state index contributed by atoms with van der Waals surface area (Å²) >= 11 is 0. The highest BCUT2D eigenvalue weighted by molar-refractivity contribution is 6.18. The van der Waals surface area contributed by atoms with Crippen molar-refractivity contribution in [3.8, 4) is 0 Å². The molecule has 0 saturated heterocycles. The number of carbonyl (C=O) groups excluding carboxylic acids is 1. The lowest BCUT2D eigenvalue weighted by Crippen LogP contribution is -2.18. The van der Waals surface area contributed by atoms with Crippen molar-refractivity contribution < 1.29 is 14.7 Å². The second-order valence-electron chi connectivity index (χ2n) is 5.07. The summed E-state index contributed by atoms with van der Waals surface area (Å²) in [6.07, 6.45) is 5.66. The molecular formula is C13H17N3O3. The molecule has 2 atom stereocenters. The van der Waals surface area contributed by atoms with Gasteiger partial charge in [0.1, 0.15) is 5.57 Å². The minimum Gasteiger partial charge on any atom is -0.478 e. The van der Waals surface area contributed by atoms with Crippen LogP contribution in [0.1, 0.15) is 17.9 Å². The van der Waals surface area contributed by atoms with E-state index in [-0.39, 0.29) is 23.2 Å². The molecule has 0 aromatic carbocycles. The zero-order chi connectivity index (χ0) is 14.2. The molecule has 1 heterocycles. The fraction of sp³-hybridized carbons (Fsp3) is 0.462. The van der Waals surface area contributed by atoms with E-state index in [9.17, 15) is 9.59 Å². The molecule has 0 bridgehead atoms. The highest BCUT2D eigenvalue weighted by Gasteiger charge is 2.46. The minimum atomic E-state index is -1.17. The van der Waals surface area contributed by atoms with E-state index in [1.54, 1.807) is 29.9 Å². The Balaban J connectivity index is 2.11. The highest BCUT2D eigenvalue weighted by atomic mass is 16.4. The van der Waals surface area contributed by atoms with Crippen molar-refractivity contribution in [2.24, 2.45) is 13.0 Å². The predicted octanol–water partition coefficient (Wildman–Crippen LogP) is 0.623. The van der Waals surface area contributed by atoms with E-state index < -0.39 is 5.97 Å². The van der Waals surface area contributed by atoms with Crippen molar-refractivity contribution >= 4 is 11.8 Å². The fourth-order valence-corrected chi connectivity index (χ4v) is 2.17. The van der Waals surface area contributed by atoms with Crippen molar-refractivity contribution in [1.29, 1.82) is 0 Å². The van der Waals surface area contributed by atoms with Crippen LogP contribution in [-0.4, -0.2) is 45.6 Å². The number of carbonyl (C=O) groups is 2. The van der Waals surface area contributed by atoms with Crippen LogP contribution in [-0.2, 0) is 16.6 Å². The standard InChI is InChI=1S/C13H17N3O3/c1-15(2)7-11(13(18)19)12(17)10-4-9(10)8-5-14-16(3)6-8/h5-7,9-10H,4H2,1-3H3,(H,18,19)/t9-,10+/m0/s1. The van der Waals surface area contributed by atoms with E-state index in [1.807, 2.05) is 13.2 Å². The van der Waals surface area contributed by atoms with Crippen LogP contribution in [0.2, 0.25) is 0 Å². The number of hydrogen-bond acceptors (Lipinski definition) is 4. The number of hydrogen-bond donors (Lipinski definition) is 1. The predicted molar refractivity (Wildman–Crippen MR) is 68.5 cm³/mol. The average Bonchev–Trinajstić information content (AvgIpc) is 3.01. The van der Waals surface area contributed by atoms with Gasteiger partial charge in [0.15, 0.2) is 5.78 Å². The Kier molecular flexibility index (Phi) is 3.42. The Hall–Kier alpha value is -2.11. The molecule has 0 radical (unpaired) electrons. The lowest BCUT2D eigenvalue weighted by atomic mass is 10.1. The molecule has 0 aliphatic heterocycles. The van der Waals surface area contributed by atoms with E-state index in [0.29, 0.717) is 6.42 Å². The van der Waals surface area contributed by atoms with Crippen LogP contribution in [0.3, 0.4) is 0 Å². The number of nitrogens with zero attached hydrogens (tertiary/aromatic N) is 3. The maximum Gasteiger partial charge on any atom is 0.340 e. The maximum atomic E-state index is 12.2. The summed E-state index contributed by atoms with van der Waals surface area (Å²) in [5.74, 6) is -1.59. The molecule has 102 valence electrons. The lowest BCUT2D eigenvalue weighted by molar-refractivity contribution is -0.135. The molecule has 1 aromatic heterocycles. The normalized spacial score (nSPS) is 22.2. The first kappa shape index (κ1) is 13.3. The number of carboxylic acids is 1. The van der Waals surface area contributed by atoms with Crippen LogP contribution in [0.25, 0.3) is 0 Å². The van der Waals surface area contributed by atoms with Gasteiger partial charge in [-0.25, -0.2) is 4.79 Å². The summed E-state index contributed by atoms with van der Waals surface area (Å²) in [6.45, 7) is 0. The average molecular weight is 263 g/mol. The van der Waals surface area contributed by atoms with Gasteiger partial charge in [-0.05, 0) is 17.9 Å². The van der Waals surface area contributed by atoms with E-state index >= 15 is 0 Å². The minimum absolute atomic E-state index is 0.103. The Morgan fingerprint density at radius 1 is 1.53 bits per heavy atom. The molecule has 0 unspecified atom stereocenters. The second kappa shape index (κ2) is 4.87. The van der Waals surface area contributed by atoms with Gasteiger partial charge in [-0.3, -0.25) is 9.48 Å². The monoisotopic (exact) mass is 263 g/mol. The van der Waals surface area contributed by atoms with Crippen LogP contribution >= 0.6 is 0 Å². The summed E-state index contributed by atoms with van der Waals surface area (Å²) in [7, 11) is 5.21. The van der Waals surface area contributed by atoms with Crippen LogP contribution < -0.4 is 0 Å². The summed E-state index contributed by atoms with van der Waals surface area (Å²) in [4.78, 5) is 24.9. The van der Waals surface area contributed by atoms with Gasteiger partial charge in [0, 0.05) is 39.5 Å². The highest BCUT2D eigenvalue weighted by Crippen LogP contribution is 2.48. The summed E-state index contributed by atoms with van der Waals surface area (Å²) in [5.41, 5.74) is 0.844. The van der Waals surface area contributed by atoms with Crippen molar-refractivity contribution in [2.75, 3.05) is 14.1 Å². The summed E-state index contributed by atoms with van der Waals surface area (Å²) < 4.78 is 1.68. The smallest absolute Gasteiger partial charge is 0.340 e. The Morgan fingerprint density at radius 2 is 2.21 bits per heavy atom. The lowest BCUT2D eigenvalue weighted by Gasteiger charge is -2.07. The molecule has 1 N–H and O–H groups in total. The first-order chi connectivity index (χ1) is 8.90. The van der Waals surface area contributed by atoms with E-state index in [1.165, 1.54) is 6.20 Å². The Bertz CT molecular complexity index is 545. The number of aryl methyl sites for hydroxylation is 1. The van der Waals surface area contributed by atoms with Crippen molar-refractivity contribution in [3.63, 3.8) is 0 Å². The number of rotatable bonds is 5. The number of ketones is 1. The summed E-state index contributed by atoms with van der Waals surface area (Å²) in [5, 5.41) is 13.2. The van der Waals surface area contributed by atoms with Gasteiger partial charge >= 0.3 is 5.97 Å². The van der Waals surface area contributed by atoms with Crippen molar-refractivity contribution in [1.82, 2.24) is 14.7 Å². The molecule has 6 heteroatoms. The van der Waals surface area contributed by atoms with Crippen LogP contribution in [0.4, 0.5) is 0 Å². The molecule has 1 aliphatic rings. The van der Waals surface area contributed by atoms with Gasteiger partial charge in [0.25, 0.3) is 0 Å². The molecular weight excluding hydrogens is 246 g/mol. The molecule has 0 amide bonds. The third-order valence-electron chi connectivity index (χ3n) is 3.16. The number of aliphatic carboxylic acids is 1. The molecule has 6 nitrogen and oxygen atoms in total. The molecule has 19 heavy (non-hydrogen) atoms. The zero-order valence-corrected chi connectivity index (χ0v) is 11.2. The molecule has 1 aromatic rings. The van der Waals surface area contributed by atoms with Gasteiger partial charge < -0.3 is 10.0 Å². The molecule has 2 rings (SSSR count). The molecule has 1 saturated carbocycles. The van der Waals surface area contributed by atoms with E-state index in [0.717, 1.165) is 5.56 Å². The van der Waals surface area contributed by atoms with Crippen LogP contribution in [0.5, 0.6) is 0 Å². The topological polar surface area (TPSA) is 75.4 Å². The largest absolute Gasteiger partial charge is 0.478 e. The first-order valence-corrected chi connectivity index (χ1v) is 6.04. The van der Waals surface area contributed by atoms with Crippen molar-refractivity contribution in [3.05, 3.63) is 29.7 Å². The molecule has 1 aliphatic carbocycles. The van der Waals surface area contributed by atoms with Gasteiger partial charge in [0.05, 0.1) is 6.20 Å². The SMILES string of the molecule is CN(C)C=C(C(=O)O)C(=O)[C@@H]1C[C@H]1c1cnn(C)c1. The van der Waals surface area contributed by atoms with Crippen molar-refractivity contribution in [2.45, 2.75) is 12.3 Å². The number of aromatic nitrogens is 2. The third-order valence-corrected chi connectivity index (χ3v) is 3.16. The third kappa shape index (κ3) is 2.83. The summed E-state index contributed by atoms with van der Waals surface area (Å²) in [6, 6.07) is 0. The van der Waals surface area contributed by atoms with E-state index in [2.05, 4.69) is 5.10 Å². The zero-order valence-electron chi connectivity index (χ0n) is 11.2. The van der Waals surface area contributed by atoms with Gasteiger partial charge in [-0.2, -0.15) is 5.10 Å². The van der Waals surface area contributed by atoms with Crippen LogP contribution in [0, 0.1) is 5.92 Å². The molecule has 1 fully saturated rings. The fourth-order valence-electron chi connectivity index (χ4n) is 2.17. The maximum absolute atomic E-state index is 12.2. The van der Waals surface area contributed by atoms with E-state index in [4.69, 9.17) is 5.11 Å². The van der Waals surface area contributed by atoms with Gasteiger partial charge in [0.2, 0.25) is 0 Å². The first-order valence-electron chi connectivity index (χ1n) is 6.04. The number of Topliss-reactive ketones (excluding diaryl/α,β-unsaturated/α-hetero) is 1. The number of carboxylic acid groups (broad SMARTS) is 1. The van der Waals surface area contributed by atoms with Gasteiger partial charge in [-0.15, -0.1) is 0 Å². The quantitative estimate of drug-likeness (QED) is 0.479. The second-order valence-corrected chi connectivity index (χ2v) is 5.07. The Morgan fingerprint density at radius 3 is 2.68 bits per heavy atom. The Labute approximate surface area is 111 Å². The van der Waals surface area contributed by atoms with Gasteiger partial charge in [-0.1, -0.05) is 0 Å².